The van der Waals surface area contributed by atoms with E-state index in [-0.39, 0.29) is 5.91 Å². The fourth-order valence-electron chi connectivity index (χ4n) is 2.32. The van der Waals surface area contributed by atoms with Gasteiger partial charge in [-0.25, -0.2) is 4.98 Å². The molecule has 0 aliphatic carbocycles. The van der Waals surface area contributed by atoms with E-state index in [0.29, 0.717) is 23.8 Å². The van der Waals surface area contributed by atoms with E-state index in [9.17, 15) is 10.1 Å². The molecule has 0 saturated heterocycles. The van der Waals surface area contributed by atoms with E-state index in [1.165, 1.54) is 0 Å². The monoisotopic (exact) mass is 302 g/mol. The normalized spacial score (nSPS) is 13.0. The minimum absolute atomic E-state index is 0.296. The van der Waals surface area contributed by atoms with Gasteiger partial charge in [-0.05, 0) is 19.9 Å². The van der Waals surface area contributed by atoms with Gasteiger partial charge in [-0.1, -0.05) is 11.8 Å². The first-order valence-corrected chi connectivity index (χ1v) is 7.61. The molecule has 0 unspecified atom stereocenters. The molecule has 0 fully saturated rings. The lowest BCUT2D eigenvalue weighted by Crippen LogP contribution is -2.18. The van der Waals surface area contributed by atoms with Crippen molar-refractivity contribution in [2.45, 2.75) is 32.1 Å². The van der Waals surface area contributed by atoms with Crippen LogP contribution >= 0.6 is 11.8 Å². The van der Waals surface area contributed by atoms with Gasteiger partial charge in [0.2, 0.25) is 0 Å². The molecule has 0 spiro atoms. The summed E-state index contributed by atoms with van der Waals surface area (Å²) in [5.74, 6) is 0.939. The van der Waals surface area contributed by atoms with Gasteiger partial charge in [-0.3, -0.25) is 9.48 Å². The van der Waals surface area contributed by atoms with Crippen molar-refractivity contribution in [1.29, 1.82) is 5.26 Å². The highest BCUT2D eigenvalue weighted by Gasteiger charge is 2.24. The maximum Gasteiger partial charge on any atom is 0.275 e. The van der Waals surface area contributed by atoms with Crippen molar-refractivity contribution in [3.05, 3.63) is 23.1 Å². The molecular weight excluding hydrogens is 288 g/mol. The molecule has 2 aromatic rings. The van der Waals surface area contributed by atoms with Crippen LogP contribution in [-0.4, -0.2) is 31.0 Å². The van der Waals surface area contributed by atoms with Crippen LogP contribution in [0.1, 0.15) is 28.8 Å². The van der Waals surface area contributed by atoms with Crippen LogP contribution in [0.4, 0.5) is 5.82 Å². The van der Waals surface area contributed by atoms with Crippen molar-refractivity contribution in [3.8, 4) is 6.07 Å². The largest absolute Gasteiger partial charge is 0.308 e. The van der Waals surface area contributed by atoms with Gasteiger partial charge in [0.15, 0.2) is 16.7 Å². The molecule has 0 atom stereocenters. The number of imidazole rings is 1. The number of rotatable bonds is 3. The quantitative estimate of drug-likeness (QED) is 0.931. The second-order valence-corrected chi connectivity index (χ2v) is 5.71. The Labute approximate surface area is 126 Å². The predicted molar refractivity (Wildman–Crippen MR) is 78.3 cm³/mol. The van der Waals surface area contributed by atoms with Crippen molar-refractivity contribution in [1.82, 2.24) is 19.3 Å². The van der Waals surface area contributed by atoms with E-state index in [4.69, 9.17) is 0 Å². The molecular formula is C13H14N6OS. The third-order valence-corrected chi connectivity index (χ3v) is 4.21. The first kappa shape index (κ1) is 13.7. The lowest BCUT2D eigenvalue weighted by molar-refractivity contribution is 0.101. The third-order valence-electron chi connectivity index (χ3n) is 3.25. The van der Waals surface area contributed by atoms with E-state index >= 15 is 0 Å². The number of hydrogen-bond donors (Lipinski definition) is 1. The molecule has 0 saturated carbocycles. The number of fused-ring (bicyclic) bond motifs is 1. The zero-order valence-electron chi connectivity index (χ0n) is 11.8. The SMILES string of the molecule is CCn1nc(C)cc1C(=O)Nc1nc2n(c1C#N)CCS2. The summed E-state index contributed by atoms with van der Waals surface area (Å²) < 4.78 is 3.47. The van der Waals surface area contributed by atoms with Gasteiger partial charge in [0.05, 0.1) is 5.69 Å². The van der Waals surface area contributed by atoms with Crippen molar-refractivity contribution in [2.75, 3.05) is 11.1 Å². The van der Waals surface area contributed by atoms with E-state index in [0.717, 1.165) is 23.1 Å². The van der Waals surface area contributed by atoms with Crippen molar-refractivity contribution in [2.24, 2.45) is 0 Å². The Morgan fingerprint density at radius 1 is 1.62 bits per heavy atom. The molecule has 1 aliphatic rings. The van der Waals surface area contributed by atoms with Gasteiger partial charge in [0.1, 0.15) is 11.8 Å². The van der Waals surface area contributed by atoms with E-state index < -0.39 is 0 Å². The minimum atomic E-state index is -0.296. The summed E-state index contributed by atoms with van der Waals surface area (Å²) in [6.45, 7) is 5.12. The van der Waals surface area contributed by atoms with E-state index in [1.54, 1.807) is 22.5 Å². The predicted octanol–water partition coefficient (Wildman–Crippen LogP) is 1.64. The van der Waals surface area contributed by atoms with Gasteiger partial charge in [0, 0.05) is 18.8 Å². The van der Waals surface area contributed by atoms with Crippen LogP contribution in [0.3, 0.4) is 0 Å². The van der Waals surface area contributed by atoms with Gasteiger partial charge in [0.25, 0.3) is 5.91 Å². The van der Waals surface area contributed by atoms with Crippen LogP contribution in [0.15, 0.2) is 11.2 Å². The fourth-order valence-corrected chi connectivity index (χ4v) is 3.27. The number of carbonyl (C=O) groups excluding carboxylic acids is 1. The van der Waals surface area contributed by atoms with Crippen LogP contribution < -0.4 is 5.32 Å². The van der Waals surface area contributed by atoms with Crippen LogP contribution in [0.2, 0.25) is 0 Å². The highest BCUT2D eigenvalue weighted by Crippen LogP contribution is 2.30. The Balaban J connectivity index is 1.90. The molecule has 2 aromatic heterocycles. The second-order valence-electron chi connectivity index (χ2n) is 4.64. The lowest BCUT2D eigenvalue weighted by Gasteiger charge is -2.05. The smallest absolute Gasteiger partial charge is 0.275 e. The molecule has 0 radical (unpaired) electrons. The molecule has 3 rings (SSSR count). The molecule has 1 amide bonds. The number of nitrogens with one attached hydrogen (secondary N) is 1. The number of amides is 1. The summed E-state index contributed by atoms with van der Waals surface area (Å²) in [5.41, 5.74) is 1.66. The average Bonchev–Trinajstić information content (AvgIpc) is 3.12. The summed E-state index contributed by atoms with van der Waals surface area (Å²) >= 11 is 1.58. The molecule has 0 bridgehead atoms. The Kier molecular flexibility index (Phi) is 3.43. The minimum Gasteiger partial charge on any atom is -0.308 e. The average molecular weight is 302 g/mol. The van der Waals surface area contributed by atoms with Crippen LogP contribution in [-0.2, 0) is 13.1 Å². The summed E-state index contributed by atoms with van der Waals surface area (Å²) in [5, 5.41) is 17.0. The topological polar surface area (TPSA) is 88.5 Å². The highest BCUT2D eigenvalue weighted by atomic mass is 32.2. The molecule has 7 nitrogen and oxygen atoms in total. The molecule has 0 aromatic carbocycles. The molecule has 1 aliphatic heterocycles. The summed E-state index contributed by atoms with van der Waals surface area (Å²) in [6, 6.07) is 3.84. The zero-order valence-corrected chi connectivity index (χ0v) is 12.6. The van der Waals surface area contributed by atoms with Crippen LogP contribution in [0, 0.1) is 18.3 Å². The summed E-state index contributed by atoms with van der Waals surface area (Å²) in [7, 11) is 0. The number of anilines is 1. The Morgan fingerprint density at radius 2 is 2.43 bits per heavy atom. The first-order valence-electron chi connectivity index (χ1n) is 6.63. The van der Waals surface area contributed by atoms with Gasteiger partial charge >= 0.3 is 0 Å². The maximum absolute atomic E-state index is 12.4. The van der Waals surface area contributed by atoms with Crippen LogP contribution in [0.5, 0.6) is 0 Å². The number of hydrogen-bond acceptors (Lipinski definition) is 5. The number of aromatic nitrogens is 4. The number of nitriles is 1. The fraction of sp³-hybridized carbons (Fsp3) is 0.385. The maximum atomic E-state index is 12.4. The molecule has 108 valence electrons. The number of aryl methyl sites for hydroxylation is 2. The molecule has 3 heterocycles. The van der Waals surface area contributed by atoms with Gasteiger partial charge < -0.3 is 9.88 Å². The van der Waals surface area contributed by atoms with Crippen molar-refractivity contribution in [3.63, 3.8) is 0 Å². The van der Waals surface area contributed by atoms with Crippen molar-refractivity contribution < 1.29 is 4.79 Å². The van der Waals surface area contributed by atoms with Crippen LogP contribution in [0.25, 0.3) is 0 Å². The third kappa shape index (κ3) is 2.29. The van der Waals surface area contributed by atoms with Gasteiger partial charge in [-0.15, -0.1) is 0 Å². The number of carbonyl (C=O) groups is 1. The van der Waals surface area contributed by atoms with Gasteiger partial charge in [-0.2, -0.15) is 10.4 Å². The Bertz CT molecular complexity index is 754. The van der Waals surface area contributed by atoms with Crippen molar-refractivity contribution >= 4 is 23.5 Å². The summed E-state index contributed by atoms with van der Waals surface area (Å²) in [6.07, 6.45) is 0. The standard InChI is InChI=1S/C13H14N6OS/c1-3-19-9(6-8(2)17-19)12(20)15-11-10(7-14)18-4-5-21-13(18)16-11/h6H,3-5H2,1-2H3,(H,15,20). The molecule has 21 heavy (non-hydrogen) atoms. The van der Waals surface area contributed by atoms with E-state index in [2.05, 4.69) is 21.5 Å². The summed E-state index contributed by atoms with van der Waals surface area (Å²) in [4.78, 5) is 16.7. The van der Waals surface area contributed by atoms with E-state index in [1.807, 2.05) is 18.4 Å². The Hall–Kier alpha value is -2.27. The Morgan fingerprint density at radius 3 is 3.14 bits per heavy atom. The number of thioether (sulfide) groups is 1. The molecule has 1 N–H and O–H groups in total. The highest BCUT2D eigenvalue weighted by molar-refractivity contribution is 7.99. The lowest BCUT2D eigenvalue weighted by atomic mass is 10.3. The first-order chi connectivity index (χ1) is 10.1. The second kappa shape index (κ2) is 5.26. The zero-order chi connectivity index (χ0) is 15.0. The molecule has 8 heteroatoms. The number of nitrogens with zero attached hydrogens (tertiary/aromatic N) is 5.